The molecule has 1 aliphatic rings. The molecule has 1 fully saturated rings. The number of carboxylic acids is 1. The lowest BCUT2D eigenvalue weighted by molar-refractivity contribution is -0.139. The van der Waals surface area contributed by atoms with Crippen molar-refractivity contribution in [2.24, 2.45) is 5.41 Å². The number of thiophene rings is 1. The van der Waals surface area contributed by atoms with Crippen LogP contribution in [0.15, 0.2) is 10.5 Å². The van der Waals surface area contributed by atoms with E-state index in [1.807, 2.05) is 0 Å². The van der Waals surface area contributed by atoms with E-state index in [4.69, 9.17) is 16.7 Å². The summed E-state index contributed by atoms with van der Waals surface area (Å²) < 4.78 is 1.73. The Morgan fingerprint density at radius 2 is 2.17 bits per heavy atom. The first kappa shape index (κ1) is 14.4. The fraction of sp³-hybridized carbons (Fsp3) is 0.615. The zero-order valence-electron chi connectivity index (χ0n) is 10.0. The minimum Gasteiger partial charge on any atom is -0.481 e. The highest BCUT2D eigenvalue weighted by molar-refractivity contribution is 9.10. The maximum Gasteiger partial charge on any atom is 0.303 e. The van der Waals surface area contributed by atoms with Gasteiger partial charge in [-0.2, -0.15) is 0 Å². The van der Waals surface area contributed by atoms with Gasteiger partial charge >= 0.3 is 5.97 Å². The van der Waals surface area contributed by atoms with Crippen LogP contribution in [0.25, 0.3) is 0 Å². The van der Waals surface area contributed by atoms with Gasteiger partial charge in [0.1, 0.15) is 4.34 Å². The van der Waals surface area contributed by atoms with Gasteiger partial charge in [0.2, 0.25) is 0 Å². The van der Waals surface area contributed by atoms with Crippen molar-refractivity contribution in [1.29, 1.82) is 0 Å². The lowest BCUT2D eigenvalue weighted by atomic mass is 9.78. The van der Waals surface area contributed by atoms with Crippen LogP contribution in [0.5, 0.6) is 0 Å². The number of rotatable bonds is 5. The number of aryl methyl sites for hydroxylation is 1. The summed E-state index contributed by atoms with van der Waals surface area (Å²) in [5.41, 5.74) is 0.0226. The van der Waals surface area contributed by atoms with Gasteiger partial charge in [-0.1, -0.05) is 24.4 Å². The van der Waals surface area contributed by atoms with Gasteiger partial charge in [0.25, 0.3) is 0 Å². The van der Waals surface area contributed by atoms with Gasteiger partial charge in [0.15, 0.2) is 0 Å². The standard InChI is InChI=1S/C13H16BrClO2S/c14-10-7-9(18-12(10)15)3-6-13(8-11(16)17)4-1-2-5-13/h7H,1-6,8H2,(H,16,17). The Morgan fingerprint density at radius 3 is 2.67 bits per heavy atom. The minimum atomic E-state index is -0.665. The summed E-state index contributed by atoms with van der Waals surface area (Å²) in [5, 5.41) is 9.06. The van der Waals surface area contributed by atoms with Crippen molar-refractivity contribution in [3.8, 4) is 0 Å². The molecule has 0 spiro atoms. The molecule has 1 saturated carbocycles. The molecule has 5 heteroatoms. The van der Waals surface area contributed by atoms with Crippen molar-refractivity contribution < 1.29 is 9.90 Å². The quantitative estimate of drug-likeness (QED) is 0.798. The molecule has 1 aliphatic carbocycles. The lowest BCUT2D eigenvalue weighted by Crippen LogP contribution is -2.21. The van der Waals surface area contributed by atoms with Gasteiger partial charge in [-0.3, -0.25) is 4.79 Å². The van der Waals surface area contributed by atoms with Crippen molar-refractivity contribution in [2.45, 2.75) is 44.9 Å². The van der Waals surface area contributed by atoms with E-state index in [2.05, 4.69) is 22.0 Å². The molecule has 0 amide bonds. The number of hydrogen-bond acceptors (Lipinski definition) is 2. The van der Waals surface area contributed by atoms with Gasteiger partial charge in [0, 0.05) is 9.35 Å². The first-order valence-electron chi connectivity index (χ1n) is 6.16. The summed E-state index contributed by atoms with van der Waals surface area (Å²) in [6, 6.07) is 2.05. The molecule has 1 aromatic heterocycles. The van der Waals surface area contributed by atoms with Crippen LogP contribution < -0.4 is 0 Å². The SMILES string of the molecule is O=C(O)CC1(CCc2cc(Br)c(Cl)s2)CCCC1. The Bertz CT molecular complexity index is 419. The average molecular weight is 352 g/mol. The predicted molar refractivity (Wildman–Crippen MR) is 78.5 cm³/mol. The maximum absolute atomic E-state index is 11.0. The van der Waals surface area contributed by atoms with Crippen LogP contribution in [0.3, 0.4) is 0 Å². The zero-order valence-corrected chi connectivity index (χ0v) is 13.2. The summed E-state index contributed by atoms with van der Waals surface area (Å²) in [6.45, 7) is 0. The van der Waals surface area contributed by atoms with Crippen molar-refractivity contribution >= 4 is 44.8 Å². The van der Waals surface area contributed by atoms with Gasteiger partial charge < -0.3 is 5.11 Å². The van der Waals surface area contributed by atoms with Crippen LogP contribution in [0, 0.1) is 5.41 Å². The highest BCUT2D eigenvalue weighted by atomic mass is 79.9. The fourth-order valence-corrected chi connectivity index (χ4v) is 4.65. The summed E-state index contributed by atoms with van der Waals surface area (Å²) in [5.74, 6) is -0.665. The Balaban J connectivity index is 1.99. The molecule has 0 atom stereocenters. The number of halogens is 2. The topological polar surface area (TPSA) is 37.3 Å². The smallest absolute Gasteiger partial charge is 0.303 e. The van der Waals surface area contributed by atoms with Gasteiger partial charge in [0.05, 0.1) is 6.42 Å². The number of aliphatic carboxylic acids is 1. The Labute approximate surface area is 124 Å². The van der Waals surface area contributed by atoms with Gasteiger partial charge in [-0.15, -0.1) is 11.3 Å². The second-order valence-corrected chi connectivity index (χ2v) is 7.71. The molecule has 0 aliphatic heterocycles. The highest BCUT2D eigenvalue weighted by Gasteiger charge is 2.35. The Kier molecular flexibility index (Phi) is 4.73. The summed E-state index contributed by atoms with van der Waals surface area (Å²) in [6.07, 6.45) is 6.66. The second-order valence-electron chi connectivity index (χ2n) is 5.11. The monoisotopic (exact) mass is 350 g/mol. The van der Waals surface area contributed by atoms with Crippen LogP contribution in [-0.4, -0.2) is 11.1 Å². The third kappa shape index (κ3) is 3.49. The van der Waals surface area contributed by atoms with E-state index < -0.39 is 5.97 Å². The molecule has 1 heterocycles. The lowest BCUT2D eigenvalue weighted by Gasteiger charge is -2.26. The molecule has 0 radical (unpaired) electrons. The Hall–Kier alpha value is -0.0600. The fourth-order valence-electron chi connectivity index (χ4n) is 2.86. The van der Waals surface area contributed by atoms with E-state index in [0.29, 0.717) is 6.42 Å². The first-order chi connectivity index (χ1) is 8.51. The van der Waals surface area contributed by atoms with E-state index in [9.17, 15) is 4.79 Å². The molecular weight excluding hydrogens is 336 g/mol. The van der Waals surface area contributed by atoms with Crippen molar-refractivity contribution in [1.82, 2.24) is 0 Å². The molecule has 1 aromatic rings. The van der Waals surface area contributed by atoms with Gasteiger partial charge in [-0.05, 0) is 53.1 Å². The van der Waals surface area contributed by atoms with Gasteiger partial charge in [-0.25, -0.2) is 0 Å². The summed E-state index contributed by atoms with van der Waals surface area (Å²) in [7, 11) is 0. The number of carboxylic acid groups (broad SMARTS) is 1. The maximum atomic E-state index is 11.0. The molecule has 18 heavy (non-hydrogen) atoms. The molecule has 2 rings (SSSR count). The first-order valence-corrected chi connectivity index (χ1v) is 8.15. The molecular formula is C13H16BrClO2S. The van der Waals surface area contributed by atoms with Crippen molar-refractivity contribution in [3.63, 3.8) is 0 Å². The molecule has 0 aromatic carbocycles. The third-order valence-corrected chi connectivity index (χ3v) is 6.32. The normalized spacial score (nSPS) is 18.1. The van der Waals surface area contributed by atoms with E-state index in [1.165, 1.54) is 17.7 Å². The van der Waals surface area contributed by atoms with Crippen LogP contribution in [-0.2, 0) is 11.2 Å². The van der Waals surface area contributed by atoms with E-state index in [-0.39, 0.29) is 5.41 Å². The number of hydrogen-bond donors (Lipinski definition) is 1. The van der Waals surface area contributed by atoms with E-state index in [1.54, 1.807) is 11.3 Å². The summed E-state index contributed by atoms with van der Waals surface area (Å²) in [4.78, 5) is 12.2. The Morgan fingerprint density at radius 1 is 1.50 bits per heavy atom. The molecule has 100 valence electrons. The van der Waals surface area contributed by atoms with Crippen LogP contribution in [0.1, 0.15) is 43.4 Å². The van der Waals surface area contributed by atoms with Crippen LogP contribution >= 0.6 is 38.9 Å². The molecule has 0 bridgehead atoms. The van der Waals surface area contributed by atoms with Crippen molar-refractivity contribution in [3.05, 3.63) is 19.8 Å². The molecule has 0 saturated heterocycles. The second kappa shape index (κ2) is 5.93. The zero-order chi connectivity index (χ0) is 13.2. The molecule has 2 nitrogen and oxygen atoms in total. The van der Waals surface area contributed by atoms with E-state index in [0.717, 1.165) is 34.5 Å². The van der Waals surface area contributed by atoms with Crippen molar-refractivity contribution in [2.75, 3.05) is 0 Å². The predicted octanol–water partition coefficient (Wildman–Crippen LogP) is 5.13. The van der Waals surface area contributed by atoms with E-state index >= 15 is 0 Å². The van der Waals surface area contributed by atoms with Crippen LogP contribution in [0.2, 0.25) is 4.34 Å². The molecule has 1 N–H and O–H groups in total. The average Bonchev–Trinajstić information content (AvgIpc) is 2.85. The minimum absolute atomic E-state index is 0.0226. The highest BCUT2D eigenvalue weighted by Crippen LogP contribution is 2.45. The largest absolute Gasteiger partial charge is 0.481 e. The number of carbonyl (C=O) groups is 1. The summed E-state index contributed by atoms with van der Waals surface area (Å²) >= 11 is 11.0. The molecule has 0 unspecified atom stereocenters. The van der Waals surface area contributed by atoms with Crippen LogP contribution in [0.4, 0.5) is 0 Å². The third-order valence-electron chi connectivity index (χ3n) is 3.79.